The van der Waals surface area contributed by atoms with Crippen molar-refractivity contribution in [3.63, 3.8) is 0 Å². The van der Waals surface area contributed by atoms with Gasteiger partial charge in [-0.1, -0.05) is 120 Å². The maximum atomic E-state index is 14.2. The molecular formula is C58H50CoN6O4. The Hall–Kier alpha value is -7.47. The molecule has 3 aromatic heterocycles. The van der Waals surface area contributed by atoms with Gasteiger partial charge in [-0.05, 0) is 134 Å². The number of fused-ring (bicyclic) bond motifs is 8. The first-order valence-corrected chi connectivity index (χ1v) is 23.2. The van der Waals surface area contributed by atoms with Gasteiger partial charge in [-0.2, -0.15) is 0 Å². The van der Waals surface area contributed by atoms with Crippen LogP contribution in [-0.4, -0.2) is 47.5 Å². The molecule has 4 aliphatic rings. The number of anilines is 2. The summed E-state index contributed by atoms with van der Waals surface area (Å²) < 4.78 is 11.8. The number of amides is 2. The summed E-state index contributed by atoms with van der Waals surface area (Å²) in [6.07, 6.45) is 8.21. The number of hydrogen-bond acceptors (Lipinski definition) is 6. The van der Waals surface area contributed by atoms with E-state index in [1.165, 1.54) is 0 Å². The third kappa shape index (κ3) is 8.25. The molecule has 11 heteroatoms. The van der Waals surface area contributed by atoms with Crippen LogP contribution < -0.4 is 19.8 Å². The van der Waals surface area contributed by atoms with Crippen molar-refractivity contribution in [1.82, 2.24) is 19.9 Å². The molecule has 2 saturated heterocycles. The van der Waals surface area contributed by atoms with Crippen LogP contribution in [0.25, 0.3) is 68.6 Å². The fraction of sp³-hybridized carbons (Fsp3) is 0.207. The molecule has 2 fully saturated rings. The van der Waals surface area contributed by atoms with Gasteiger partial charge < -0.3 is 19.4 Å². The number of cyclic esters (lactones) is 2. The molecule has 1 radical (unpaired) electrons. The summed E-state index contributed by atoms with van der Waals surface area (Å²) in [5, 5.41) is 0. The molecule has 2 amide bonds. The summed E-state index contributed by atoms with van der Waals surface area (Å²) in [6, 6.07) is 36.4. The Morgan fingerprint density at radius 2 is 0.826 bits per heavy atom. The number of nitrogens with zero attached hydrogens (tertiary/aromatic N) is 6. The molecule has 0 N–H and O–H groups in total. The number of rotatable bonds is 8. The minimum Gasteiger partial charge on any atom is -0.656 e. The monoisotopic (exact) mass is 953 g/mol. The first-order valence-electron chi connectivity index (χ1n) is 23.2. The molecule has 2 atom stereocenters. The van der Waals surface area contributed by atoms with Gasteiger partial charge in [-0.3, -0.25) is 9.80 Å². The van der Waals surface area contributed by atoms with E-state index in [1.807, 2.05) is 85.0 Å². The minimum absolute atomic E-state index is 0. The molecule has 11 rings (SSSR count). The van der Waals surface area contributed by atoms with Crippen molar-refractivity contribution in [2.75, 3.05) is 23.0 Å². The van der Waals surface area contributed by atoms with E-state index in [9.17, 15) is 9.59 Å². The van der Waals surface area contributed by atoms with E-state index in [0.717, 1.165) is 66.8 Å². The van der Waals surface area contributed by atoms with Gasteiger partial charge >= 0.3 is 29.0 Å². The van der Waals surface area contributed by atoms with Gasteiger partial charge in [-0.25, -0.2) is 19.6 Å². The molecule has 0 saturated carbocycles. The zero-order chi connectivity index (χ0) is 46.8. The van der Waals surface area contributed by atoms with Gasteiger partial charge in [0.2, 0.25) is 0 Å². The molecule has 4 aromatic carbocycles. The van der Waals surface area contributed by atoms with Gasteiger partial charge in [0.15, 0.2) is 0 Å². The quantitative estimate of drug-likeness (QED) is 0.148. The average molecular weight is 954 g/mol. The molecule has 0 aliphatic carbocycles. The molecular weight excluding hydrogens is 904 g/mol. The summed E-state index contributed by atoms with van der Waals surface area (Å²) in [5.41, 5.74) is 18.6. The number of ether oxygens (including phenoxy) is 2. The third-order valence-corrected chi connectivity index (χ3v) is 13.4. The SMILES string of the molecule is Cc1cc(C)c(-c2c3nc(c(N4C(=O)OCC4Cc4ccccc4)c4ccc([n-]4)c(-c4c(C)cc(C)cc4C)c4nc(c(N5C(=O)OCC5Cc5ccccc5)c5ccc2[n-]5)C=C4)C=C3)c(C)c1.[Co+2]. The Morgan fingerprint density at radius 1 is 0.478 bits per heavy atom. The molecule has 7 heterocycles. The number of carbonyl (C=O) groups is 2. The second kappa shape index (κ2) is 18.2. The topological polar surface area (TPSA) is 113 Å². The molecule has 2 unspecified atom stereocenters. The molecule has 0 spiro atoms. The zero-order valence-electron chi connectivity index (χ0n) is 39.3. The second-order valence-electron chi connectivity index (χ2n) is 18.4. The van der Waals surface area contributed by atoms with Crippen LogP contribution in [0, 0.1) is 41.5 Å². The number of carbonyl (C=O) groups excluding carboxylic acids is 2. The van der Waals surface area contributed by atoms with E-state index in [2.05, 4.69) is 90.1 Å². The van der Waals surface area contributed by atoms with Crippen molar-refractivity contribution in [2.45, 2.75) is 66.5 Å². The van der Waals surface area contributed by atoms with E-state index in [4.69, 9.17) is 29.4 Å². The zero-order valence-corrected chi connectivity index (χ0v) is 40.4. The standard InChI is InChI=1S/C58H50N6O4.Co/c1-33-25-35(3)51(36(4)26-33)53-43-17-21-47(59-43)55(63-41(31-67-57(63)65)29-39-13-9-7-10-14-39)49-23-19-45(61-49)54(52-37(5)27-34(2)28-38(52)6)46-20-24-50(62-46)56(48-22-18-44(53)60-48)64-42(32-68-58(64)66)30-40-15-11-8-12-16-40;/h7-28,41-42H,29-32H2,1-6H3;/q-2;+2. The van der Waals surface area contributed by atoms with Crippen molar-refractivity contribution in [2.24, 2.45) is 0 Å². The Balaban J connectivity index is 0.00000553. The van der Waals surface area contributed by atoms with Gasteiger partial charge in [0.25, 0.3) is 0 Å². The fourth-order valence-corrected chi connectivity index (χ4v) is 10.8. The van der Waals surface area contributed by atoms with Crippen LogP contribution in [0.3, 0.4) is 0 Å². The van der Waals surface area contributed by atoms with Crippen molar-refractivity contribution >= 4 is 69.9 Å². The number of aryl methyl sites for hydroxylation is 6. The summed E-state index contributed by atoms with van der Waals surface area (Å²) in [7, 11) is 0. The van der Waals surface area contributed by atoms with Gasteiger partial charge in [0.05, 0.1) is 46.2 Å². The number of hydrogen-bond donors (Lipinski definition) is 0. The first kappa shape index (κ1) is 45.3. The maximum absolute atomic E-state index is 14.2. The van der Waals surface area contributed by atoms with Crippen molar-refractivity contribution in [1.29, 1.82) is 0 Å². The predicted octanol–water partition coefficient (Wildman–Crippen LogP) is 12.2. The number of aromatic nitrogens is 4. The van der Waals surface area contributed by atoms with Crippen LogP contribution in [0.15, 0.2) is 109 Å². The van der Waals surface area contributed by atoms with Crippen LogP contribution in [0.1, 0.15) is 67.3 Å². The van der Waals surface area contributed by atoms with Gasteiger partial charge in [-0.15, -0.1) is 22.1 Å². The second-order valence-corrected chi connectivity index (χ2v) is 18.4. The Bertz CT molecular complexity index is 3170. The van der Waals surface area contributed by atoms with Crippen LogP contribution >= 0.6 is 0 Å². The Labute approximate surface area is 412 Å². The van der Waals surface area contributed by atoms with Gasteiger partial charge in [0, 0.05) is 0 Å². The summed E-state index contributed by atoms with van der Waals surface area (Å²) >= 11 is 0. The summed E-state index contributed by atoms with van der Waals surface area (Å²) in [5.74, 6) is 0. The van der Waals surface area contributed by atoms with E-state index in [0.29, 0.717) is 69.1 Å². The van der Waals surface area contributed by atoms with E-state index >= 15 is 0 Å². The van der Waals surface area contributed by atoms with Crippen molar-refractivity contribution in [3.05, 3.63) is 176 Å². The summed E-state index contributed by atoms with van der Waals surface area (Å²) in [4.78, 5) is 53.7. The van der Waals surface area contributed by atoms with Crippen molar-refractivity contribution in [3.8, 4) is 22.3 Å². The first-order chi connectivity index (χ1) is 33.0. The van der Waals surface area contributed by atoms with E-state index in [-0.39, 0.29) is 42.1 Å². The molecule has 8 bridgehead atoms. The average Bonchev–Trinajstić information content (AvgIpc) is 4.19. The molecule has 10 nitrogen and oxygen atoms in total. The van der Waals surface area contributed by atoms with Crippen molar-refractivity contribution < 1.29 is 35.8 Å². The van der Waals surface area contributed by atoms with Crippen LogP contribution in [0.2, 0.25) is 0 Å². The van der Waals surface area contributed by atoms with Crippen LogP contribution in [0.5, 0.6) is 0 Å². The molecule has 345 valence electrons. The predicted molar refractivity (Wildman–Crippen MR) is 272 cm³/mol. The fourth-order valence-electron chi connectivity index (χ4n) is 10.8. The minimum atomic E-state index is -0.452. The van der Waals surface area contributed by atoms with Crippen LogP contribution in [-0.2, 0) is 39.1 Å². The normalized spacial score (nSPS) is 16.3. The molecule has 7 aromatic rings. The largest absolute Gasteiger partial charge is 2.00 e. The van der Waals surface area contributed by atoms with Crippen LogP contribution in [0.4, 0.5) is 21.0 Å². The van der Waals surface area contributed by atoms with Gasteiger partial charge in [0.1, 0.15) is 13.2 Å². The van der Waals surface area contributed by atoms with E-state index < -0.39 is 12.2 Å². The number of benzene rings is 4. The maximum Gasteiger partial charge on any atom is 2.00 e. The summed E-state index contributed by atoms with van der Waals surface area (Å²) in [6.45, 7) is 13.1. The molecule has 4 aliphatic heterocycles. The smallest absolute Gasteiger partial charge is 0.656 e. The Morgan fingerprint density at radius 3 is 1.20 bits per heavy atom. The Kier molecular flexibility index (Phi) is 12.0. The van der Waals surface area contributed by atoms with E-state index in [1.54, 1.807) is 9.80 Å². The third-order valence-electron chi connectivity index (χ3n) is 13.4. The molecule has 69 heavy (non-hydrogen) atoms.